The van der Waals surface area contributed by atoms with Gasteiger partial charge in [0.05, 0.1) is 4.92 Å². The van der Waals surface area contributed by atoms with Gasteiger partial charge in [-0.2, -0.15) is 0 Å². The Morgan fingerprint density at radius 3 is 2.88 bits per heavy atom. The van der Waals surface area contributed by atoms with Crippen molar-refractivity contribution in [3.8, 4) is 0 Å². The second-order valence-corrected chi connectivity index (χ2v) is 4.41. The number of hydrogen-bond donors (Lipinski definition) is 0. The fourth-order valence-corrected chi connectivity index (χ4v) is 2.04. The van der Waals surface area contributed by atoms with Crippen molar-refractivity contribution in [2.75, 3.05) is 0 Å². The van der Waals surface area contributed by atoms with E-state index in [1.54, 1.807) is 12.1 Å². The highest BCUT2D eigenvalue weighted by atomic mass is 16.6. The van der Waals surface area contributed by atoms with E-state index >= 15 is 0 Å². The minimum atomic E-state index is -0.350. The molecule has 1 heterocycles. The molecule has 0 amide bonds. The Morgan fingerprint density at radius 1 is 1.38 bits per heavy atom. The molecule has 0 bridgehead atoms. The van der Waals surface area contributed by atoms with E-state index in [2.05, 4.69) is 4.57 Å². The van der Waals surface area contributed by atoms with Gasteiger partial charge in [-0.25, -0.2) is 0 Å². The Balaban J connectivity index is 2.02. The average Bonchev–Trinajstić information content (AvgIpc) is 2.99. The van der Waals surface area contributed by atoms with E-state index < -0.39 is 0 Å². The lowest BCUT2D eigenvalue weighted by atomic mass is 10.2. The predicted molar refractivity (Wildman–Crippen MR) is 61.3 cm³/mol. The van der Waals surface area contributed by atoms with Crippen LogP contribution in [0.4, 0.5) is 5.69 Å². The van der Waals surface area contributed by atoms with Crippen LogP contribution in [0.2, 0.25) is 0 Å². The van der Waals surface area contributed by atoms with Crippen molar-refractivity contribution < 1.29 is 4.92 Å². The molecule has 0 radical (unpaired) electrons. The number of nitro groups is 1. The van der Waals surface area contributed by atoms with Gasteiger partial charge in [-0.3, -0.25) is 10.1 Å². The molecule has 4 heteroatoms. The van der Waals surface area contributed by atoms with Crippen molar-refractivity contribution in [1.29, 1.82) is 0 Å². The number of hydrogen-bond acceptors (Lipinski definition) is 2. The molecule has 0 N–H and O–H groups in total. The summed E-state index contributed by atoms with van der Waals surface area (Å²) in [7, 11) is 0. The molecule has 1 aliphatic rings. The molecule has 0 atom stereocenters. The summed E-state index contributed by atoms with van der Waals surface area (Å²) in [5, 5.41) is 11.6. The summed E-state index contributed by atoms with van der Waals surface area (Å²) in [5.74, 6) is 0.811. The van der Waals surface area contributed by atoms with E-state index in [1.807, 2.05) is 18.3 Å². The first-order chi connectivity index (χ1) is 7.74. The van der Waals surface area contributed by atoms with Crippen molar-refractivity contribution in [3.63, 3.8) is 0 Å². The minimum Gasteiger partial charge on any atom is -0.347 e. The average molecular weight is 216 g/mol. The number of nitro benzene ring substituents is 1. The Bertz CT molecular complexity index is 555. The van der Waals surface area contributed by atoms with Crippen LogP contribution in [0.1, 0.15) is 12.8 Å². The van der Waals surface area contributed by atoms with Crippen molar-refractivity contribution in [2.24, 2.45) is 5.92 Å². The third kappa shape index (κ3) is 1.56. The zero-order valence-electron chi connectivity index (χ0n) is 8.80. The summed E-state index contributed by atoms with van der Waals surface area (Å²) in [5.41, 5.74) is 1.26. The van der Waals surface area contributed by atoms with Crippen molar-refractivity contribution >= 4 is 16.6 Å². The van der Waals surface area contributed by atoms with Crippen LogP contribution < -0.4 is 0 Å². The first kappa shape index (κ1) is 9.39. The molecule has 1 saturated carbocycles. The van der Waals surface area contributed by atoms with E-state index in [0.29, 0.717) is 0 Å². The van der Waals surface area contributed by atoms with E-state index in [-0.39, 0.29) is 10.6 Å². The Morgan fingerprint density at radius 2 is 2.19 bits per heavy atom. The maximum atomic E-state index is 10.6. The lowest BCUT2D eigenvalue weighted by molar-refractivity contribution is -0.384. The summed E-state index contributed by atoms with van der Waals surface area (Å²) in [6, 6.07) is 7.00. The van der Waals surface area contributed by atoms with E-state index in [0.717, 1.165) is 23.4 Å². The summed E-state index contributed by atoms with van der Waals surface area (Å²) >= 11 is 0. The Hall–Kier alpha value is -1.84. The van der Waals surface area contributed by atoms with Gasteiger partial charge in [-0.05, 0) is 30.9 Å². The van der Waals surface area contributed by atoms with Crippen LogP contribution in [0.25, 0.3) is 10.9 Å². The fourth-order valence-electron chi connectivity index (χ4n) is 2.04. The van der Waals surface area contributed by atoms with Crippen LogP contribution in [-0.4, -0.2) is 9.49 Å². The lowest BCUT2D eigenvalue weighted by Crippen LogP contribution is -1.97. The smallest absolute Gasteiger partial charge is 0.270 e. The van der Waals surface area contributed by atoms with Crippen LogP contribution in [-0.2, 0) is 6.54 Å². The number of fused-ring (bicyclic) bond motifs is 1. The molecule has 2 aromatic rings. The highest BCUT2D eigenvalue weighted by Gasteiger charge is 2.22. The number of aromatic nitrogens is 1. The molecule has 16 heavy (non-hydrogen) atoms. The number of nitrogens with zero attached hydrogens (tertiary/aromatic N) is 2. The Labute approximate surface area is 92.6 Å². The molecule has 0 saturated heterocycles. The molecule has 1 aliphatic carbocycles. The summed E-state index contributed by atoms with van der Waals surface area (Å²) in [6.07, 6.45) is 4.64. The standard InChI is InChI=1S/C12H12N2O2/c15-14(16)11-3-4-12-10(7-11)5-6-13(12)8-9-1-2-9/h3-7,9H,1-2,8H2. The van der Waals surface area contributed by atoms with Crippen LogP contribution in [0.15, 0.2) is 30.5 Å². The molecule has 0 unspecified atom stereocenters. The summed E-state index contributed by atoms with van der Waals surface area (Å²) < 4.78 is 2.19. The van der Waals surface area contributed by atoms with Gasteiger partial charge >= 0.3 is 0 Å². The monoisotopic (exact) mass is 216 g/mol. The second-order valence-electron chi connectivity index (χ2n) is 4.41. The number of rotatable bonds is 3. The molecular weight excluding hydrogens is 204 g/mol. The van der Waals surface area contributed by atoms with Crippen LogP contribution in [0.3, 0.4) is 0 Å². The molecule has 1 aromatic carbocycles. The topological polar surface area (TPSA) is 48.1 Å². The maximum Gasteiger partial charge on any atom is 0.270 e. The lowest BCUT2D eigenvalue weighted by Gasteiger charge is -2.03. The van der Waals surface area contributed by atoms with Gasteiger partial charge in [0.15, 0.2) is 0 Å². The maximum absolute atomic E-state index is 10.6. The zero-order valence-corrected chi connectivity index (χ0v) is 8.80. The van der Waals surface area contributed by atoms with Gasteiger partial charge < -0.3 is 4.57 Å². The SMILES string of the molecule is O=[N+]([O-])c1ccc2c(ccn2CC2CC2)c1. The van der Waals surface area contributed by atoms with Crippen LogP contribution >= 0.6 is 0 Å². The van der Waals surface area contributed by atoms with Gasteiger partial charge in [0.1, 0.15) is 0 Å². The molecule has 1 aromatic heterocycles. The summed E-state index contributed by atoms with van der Waals surface area (Å²) in [4.78, 5) is 10.3. The highest BCUT2D eigenvalue weighted by Crippen LogP contribution is 2.32. The summed E-state index contributed by atoms with van der Waals surface area (Å²) in [6.45, 7) is 1.04. The first-order valence-corrected chi connectivity index (χ1v) is 5.47. The molecule has 4 nitrogen and oxygen atoms in total. The number of non-ortho nitro benzene ring substituents is 1. The molecule has 82 valence electrons. The molecule has 3 rings (SSSR count). The van der Waals surface area contributed by atoms with E-state index in [9.17, 15) is 10.1 Å². The van der Waals surface area contributed by atoms with Gasteiger partial charge in [0.25, 0.3) is 5.69 Å². The van der Waals surface area contributed by atoms with Crippen molar-refractivity contribution in [1.82, 2.24) is 4.57 Å². The molecule has 0 aliphatic heterocycles. The molecule has 1 fully saturated rings. The van der Waals surface area contributed by atoms with Crippen molar-refractivity contribution in [3.05, 3.63) is 40.6 Å². The van der Waals surface area contributed by atoms with E-state index in [4.69, 9.17) is 0 Å². The van der Waals surface area contributed by atoms with Crippen LogP contribution in [0.5, 0.6) is 0 Å². The quantitative estimate of drug-likeness (QED) is 0.585. The largest absolute Gasteiger partial charge is 0.347 e. The third-order valence-corrected chi connectivity index (χ3v) is 3.12. The van der Waals surface area contributed by atoms with Crippen LogP contribution in [0, 0.1) is 16.0 Å². The first-order valence-electron chi connectivity index (χ1n) is 5.47. The minimum absolute atomic E-state index is 0.164. The highest BCUT2D eigenvalue weighted by molar-refractivity contribution is 5.82. The van der Waals surface area contributed by atoms with Gasteiger partial charge in [0, 0.05) is 35.8 Å². The molecule has 0 spiro atoms. The normalized spacial score (nSPS) is 15.5. The van der Waals surface area contributed by atoms with Crippen molar-refractivity contribution in [2.45, 2.75) is 19.4 Å². The fraction of sp³-hybridized carbons (Fsp3) is 0.333. The van der Waals surface area contributed by atoms with Gasteiger partial charge in [-0.1, -0.05) is 0 Å². The third-order valence-electron chi connectivity index (χ3n) is 3.12. The zero-order chi connectivity index (χ0) is 11.1. The van der Waals surface area contributed by atoms with Gasteiger partial charge in [-0.15, -0.1) is 0 Å². The second kappa shape index (κ2) is 3.33. The van der Waals surface area contributed by atoms with E-state index in [1.165, 1.54) is 12.8 Å². The number of benzene rings is 1. The van der Waals surface area contributed by atoms with Gasteiger partial charge in [0.2, 0.25) is 0 Å². The Kier molecular flexibility index (Phi) is 1.96. The predicted octanol–water partition coefficient (Wildman–Crippen LogP) is 2.96. The molecular formula is C12H12N2O2.